The lowest BCUT2D eigenvalue weighted by Crippen LogP contribution is -2.36. The minimum atomic E-state index is -2.56. The Morgan fingerprint density at radius 3 is 1.25 bits per heavy atom. The van der Waals surface area contributed by atoms with E-state index in [1.165, 1.54) is 26.6 Å². The number of hydrogen-bond acceptors (Lipinski definition) is 11. The minimum Gasteiger partial charge on any atom is -0.489 e. The molecule has 2 fully saturated rings. The first-order valence-corrected chi connectivity index (χ1v) is 29.6. The third kappa shape index (κ3) is 15.0. The van der Waals surface area contributed by atoms with Crippen molar-refractivity contribution >= 4 is 8.25 Å². The lowest BCUT2D eigenvalue weighted by atomic mass is 9.81. The van der Waals surface area contributed by atoms with E-state index in [1.807, 2.05) is 76.2 Å². The van der Waals surface area contributed by atoms with E-state index in [-0.39, 0.29) is 36.0 Å². The maximum atomic E-state index is 15.4. The van der Waals surface area contributed by atoms with Gasteiger partial charge in [-0.3, -0.25) is 9.80 Å². The van der Waals surface area contributed by atoms with E-state index in [1.54, 1.807) is 12.1 Å². The first-order valence-electron chi connectivity index (χ1n) is 28.5. The van der Waals surface area contributed by atoms with Crippen molar-refractivity contribution in [2.24, 2.45) is 11.8 Å². The van der Waals surface area contributed by atoms with Crippen molar-refractivity contribution in [2.75, 3.05) is 14.2 Å². The van der Waals surface area contributed by atoms with Gasteiger partial charge in [-0.25, -0.2) is 18.7 Å². The van der Waals surface area contributed by atoms with Crippen molar-refractivity contribution in [2.45, 2.75) is 182 Å². The molecule has 2 unspecified atom stereocenters. The highest BCUT2D eigenvalue weighted by atomic mass is 31.1. The van der Waals surface area contributed by atoms with E-state index in [0.717, 1.165) is 70.2 Å². The van der Waals surface area contributed by atoms with Crippen LogP contribution in [0.4, 0.5) is 8.78 Å². The molecular weight excluding hydrogens is 1030 g/mol. The van der Waals surface area contributed by atoms with Gasteiger partial charge in [-0.05, 0) is 189 Å². The Hall–Kier alpha value is -5.82. The van der Waals surface area contributed by atoms with E-state index in [0.29, 0.717) is 72.5 Å². The van der Waals surface area contributed by atoms with Crippen LogP contribution in [0, 0.1) is 23.5 Å². The second-order valence-corrected chi connectivity index (χ2v) is 24.9. The van der Waals surface area contributed by atoms with Crippen molar-refractivity contribution in [1.29, 1.82) is 0 Å². The maximum absolute atomic E-state index is 15.4. The van der Waals surface area contributed by atoms with Crippen LogP contribution >= 0.6 is 8.25 Å². The lowest BCUT2D eigenvalue weighted by Gasteiger charge is -2.32. The Morgan fingerprint density at radius 1 is 0.537 bits per heavy atom. The van der Waals surface area contributed by atoms with Crippen molar-refractivity contribution < 1.29 is 41.3 Å². The van der Waals surface area contributed by atoms with Crippen LogP contribution in [0.15, 0.2) is 109 Å². The summed E-state index contributed by atoms with van der Waals surface area (Å²) in [4.78, 5) is 12.9. The summed E-state index contributed by atoms with van der Waals surface area (Å²) in [5.41, 5.74) is 6.74. The average Bonchev–Trinajstić information content (AvgIpc) is 4.45. The van der Waals surface area contributed by atoms with Gasteiger partial charge in [-0.15, -0.1) is 9.05 Å². The van der Waals surface area contributed by atoms with Crippen molar-refractivity contribution in [1.82, 2.24) is 19.8 Å². The second kappa shape index (κ2) is 26.0. The molecule has 2 atom stereocenters. The molecule has 2 aliphatic rings. The average molecular weight is 1110 g/mol. The molecule has 0 bridgehead atoms. The van der Waals surface area contributed by atoms with Crippen LogP contribution in [-0.4, -0.2) is 69.4 Å². The normalized spacial score (nSPS) is 15.1. The maximum Gasteiger partial charge on any atom is 0.698 e. The highest BCUT2D eigenvalue weighted by Crippen LogP contribution is 2.56. The van der Waals surface area contributed by atoms with Crippen LogP contribution in [0.25, 0.3) is 22.3 Å². The van der Waals surface area contributed by atoms with Gasteiger partial charge in [0, 0.05) is 76.9 Å². The van der Waals surface area contributed by atoms with Crippen LogP contribution in [0.3, 0.4) is 0 Å². The van der Waals surface area contributed by atoms with Gasteiger partial charge in [0.05, 0.1) is 26.6 Å². The van der Waals surface area contributed by atoms with Crippen LogP contribution in [0.2, 0.25) is 0 Å². The molecule has 0 radical (unpaired) electrons. The SMILES string of the molecule is COc1cc(-c2ccc(COc3cccc(C(C4CC4)C(C)(C)O[P+](=O)OC(C)(C)C(c4cccc(OCc5ccc(-c6cc(OC)ncc6F)c(CN(C(C)C)C(C)C)c5)c4)C4CC4)c3)cc2CN(C(C)C)C(C)C)c(F)cn1. The van der Waals surface area contributed by atoms with Crippen molar-refractivity contribution in [3.05, 3.63) is 154 Å². The first kappa shape index (κ1) is 60.3. The fourth-order valence-corrected chi connectivity index (χ4v) is 12.9. The quantitative estimate of drug-likeness (QED) is 0.0439. The highest BCUT2D eigenvalue weighted by molar-refractivity contribution is 7.33. The molecule has 2 heterocycles. The molecule has 8 rings (SSSR count). The molecule has 0 aliphatic heterocycles. The standard InChI is InChI=1S/C66H84F2N4O7P/c1-41(2)71(42(3)4)37-51-29-45(21-27-55(51)57-33-61(74-13)69-35-59(57)67)39-76-53-19-15-17-49(31-53)63(47-23-24-47)65(9,10)78-80(73)79-66(11,12)64(48-25-26-48)50-18-16-20-54(32-50)77-40-46-22-28-56(58-34-62(75-14)70-36-60(58)68)52(30-46)38-72(43(5)6)44(7)8/h15-22,27-36,41-44,47-48,63-64H,23-26,37-40H2,1-14H3/q+1. The predicted octanol–water partition coefficient (Wildman–Crippen LogP) is 16.4. The zero-order valence-corrected chi connectivity index (χ0v) is 50.4. The fourth-order valence-electron chi connectivity index (χ4n) is 11.8. The number of benzene rings is 4. The number of nitrogens with zero attached hydrogens (tertiary/aromatic N) is 4. The molecule has 2 aromatic heterocycles. The van der Waals surface area contributed by atoms with E-state index >= 15 is 8.78 Å². The lowest BCUT2D eigenvalue weighted by molar-refractivity contribution is 0.0123. The number of methoxy groups -OCH3 is 2. The zero-order chi connectivity index (χ0) is 57.6. The molecule has 80 heavy (non-hydrogen) atoms. The molecular formula is C66H84F2N4O7P+. The molecule has 0 saturated heterocycles. The summed E-state index contributed by atoms with van der Waals surface area (Å²) in [5, 5.41) is 0. The number of pyridine rings is 2. The predicted molar refractivity (Wildman–Crippen MR) is 314 cm³/mol. The molecule has 4 aromatic carbocycles. The van der Waals surface area contributed by atoms with Gasteiger partial charge in [0.15, 0.2) is 0 Å². The summed E-state index contributed by atoms with van der Waals surface area (Å²) in [6, 6.07) is 32.9. The Morgan fingerprint density at radius 2 is 0.912 bits per heavy atom. The summed E-state index contributed by atoms with van der Waals surface area (Å²) in [5.74, 6) is 1.86. The smallest absolute Gasteiger partial charge is 0.489 e. The van der Waals surface area contributed by atoms with Crippen LogP contribution in [0.5, 0.6) is 23.3 Å². The summed E-state index contributed by atoms with van der Waals surface area (Å²) in [6.07, 6.45) is 6.59. The Labute approximate surface area is 475 Å². The number of hydrogen-bond donors (Lipinski definition) is 0. The topological polar surface area (TPSA) is 105 Å². The van der Waals surface area contributed by atoms with Crippen LogP contribution < -0.4 is 18.9 Å². The zero-order valence-electron chi connectivity index (χ0n) is 49.5. The third-order valence-corrected chi connectivity index (χ3v) is 17.1. The summed E-state index contributed by atoms with van der Waals surface area (Å²) in [7, 11) is 0.505. The number of ether oxygens (including phenoxy) is 4. The molecule has 6 aromatic rings. The first-order chi connectivity index (χ1) is 38.0. The summed E-state index contributed by atoms with van der Waals surface area (Å²) in [6.45, 7) is 27.3. The van der Waals surface area contributed by atoms with Crippen LogP contribution in [0.1, 0.15) is 154 Å². The van der Waals surface area contributed by atoms with Gasteiger partial charge in [-0.2, -0.15) is 0 Å². The van der Waals surface area contributed by atoms with E-state index in [9.17, 15) is 4.57 Å². The summed E-state index contributed by atoms with van der Waals surface area (Å²) >= 11 is 0. The number of aromatic nitrogens is 2. The van der Waals surface area contributed by atoms with Crippen LogP contribution in [-0.2, 0) is 39.9 Å². The van der Waals surface area contributed by atoms with Gasteiger partial charge in [0.25, 0.3) is 0 Å². The van der Waals surface area contributed by atoms with Gasteiger partial charge in [0.2, 0.25) is 11.8 Å². The second-order valence-electron chi connectivity index (χ2n) is 24.1. The number of rotatable bonds is 28. The molecule has 2 saturated carbocycles. The van der Waals surface area contributed by atoms with Gasteiger partial charge in [-0.1, -0.05) is 60.7 Å². The molecule has 14 heteroatoms. The minimum absolute atomic E-state index is 0.0714. The fraction of sp³-hybridized carbons (Fsp3) is 0.485. The van der Waals surface area contributed by atoms with E-state index < -0.39 is 31.1 Å². The molecule has 2 aliphatic carbocycles. The van der Waals surface area contributed by atoms with Gasteiger partial charge < -0.3 is 18.9 Å². The highest BCUT2D eigenvalue weighted by Gasteiger charge is 2.53. The largest absolute Gasteiger partial charge is 0.698 e. The monoisotopic (exact) mass is 1110 g/mol. The van der Waals surface area contributed by atoms with Crippen molar-refractivity contribution in [3.8, 4) is 45.5 Å². The Kier molecular flexibility index (Phi) is 19.6. The Bertz CT molecular complexity index is 2870. The molecule has 0 amide bonds. The molecule has 428 valence electrons. The van der Waals surface area contributed by atoms with E-state index in [4.69, 9.17) is 28.0 Å². The molecule has 11 nitrogen and oxygen atoms in total. The van der Waals surface area contributed by atoms with Gasteiger partial charge >= 0.3 is 8.25 Å². The van der Waals surface area contributed by atoms with E-state index in [2.05, 4.69) is 112 Å². The third-order valence-electron chi connectivity index (χ3n) is 15.9. The van der Waals surface area contributed by atoms with Crippen molar-refractivity contribution in [3.63, 3.8) is 0 Å². The molecule has 0 spiro atoms. The van der Waals surface area contributed by atoms with Gasteiger partial charge in [0.1, 0.15) is 47.5 Å². The molecule has 0 N–H and O–H groups in total. The number of halogens is 2. The summed E-state index contributed by atoms with van der Waals surface area (Å²) < 4.78 is 82.1. The Balaban J connectivity index is 0.951.